The largest absolute Gasteiger partial charge is 0.461 e. The summed E-state index contributed by atoms with van der Waals surface area (Å²) >= 11 is 0. The highest BCUT2D eigenvalue weighted by Gasteiger charge is 2.43. The number of unbranched alkanes of at least 4 members (excludes halogenated alkanes) is 1. The molecule has 0 unspecified atom stereocenters. The number of cyclic esters (lactones) is 1. The summed E-state index contributed by atoms with van der Waals surface area (Å²) in [6.45, 7) is 4.16. The molecule has 2 nitrogen and oxygen atoms in total. The van der Waals surface area contributed by atoms with Gasteiger partial charge in [0.15, 0.2) is 0 Å². The van der Waals surface area contributed by atoms with Crippen molar-refractivity contribution in [2.24, 2.45) is 5.92 Å². The third-order valence-corrected chi connectivity index (χ3v) is 3.61. The first-order valence-electron chi connectivity index (χ1n) is 6.49. The number of esters is 1. The Bertz CT molecular complexity index is 372. The van der Waals surface area contributed by atoms with Gasteiger partial charge in [0.1, 0.15) is 6.10 Å². The highest BCUT2D eigenvalue weighted by molar-refractivity contribution is 5.78. The fourth-order valence-electron chi connectivity index (χ4n) is 2.48. The standard InChI is InChI=1S/C15H20O2/c1-3-4-10-13(12-8-6-5-7-9-12)14-11(2)15(16)17-14/h5-9,11,13-14H,3-4,10H2,1-2H3/t11-,13+,14-/m0/s1. The van der Waals surface area contributed by atoms with E-state index in [4.69, 9.17) is 4.74 Å². The molecule has 0 radical (unpaired) electrons. The van der Waals surface area contributed by atoms with Crippen LogP contribution >= 0.6 is 0 Å². The number of rotatable bonds is 5. The topological polar surface area (TPSA) is 26.3 Å². The van der Waals surface area contributed by atoms with Gasteiger partial charge in [0.05, 0.1) is 5.92 Å². The Kier molecular flexibility index (Phi) is 3.82. The Morgan fingerprint density at radius 1 is 1.29 bits per heavy atom. The molecule has 2 rings (SSSR count). The molecule has 0 saturated carbocycles. The van der Waals surface area contributed by atoms with Gasteiger partial charge in [0.25, 0.3) is 0 Å². The van der Waals surface area contributed by atoms with Crippen LogP contribution in [0.15, 0.2) is 30.3 Å². The van der Waals surface area contributed by atoms with E-state index in [9.17, 15) is 4.79 Å². The quantitative estimate of drug-likeness (QED) is 0.726. The molecule has 1 fully saturated rings. The first-order valence-corrected chi connectivity index (χ1v) is 6.49. The molecule has 0 N–H and O–H groups in total. The van der Waals surface area contributed by atoms with E-state index in [-0.39, 0.29) is 18.0 Å². The van der Waals surface area contributed by atoms with Crippen LogP contribution in [0.4, 0.5) is 0 Å². The third-order valence-electron chi connectivity index (χ3n) is 3.61. The maximum Gasteiger partial charge on any atom is 0.312 e. The summed E-state index contributed by atoms with van der Waals surface area (Å²) in [6.07, 6.45) is 3.54. The third kappa shape index (κ3) is 2.51. The number of carbonyl (C=O) groups is 1. The molecule has 1 heterocycles. The lowest BCUT2D eigenvalue weighted by Crippen LogP contribution is -2.46. The second-order valence-electron chi connectivity index (χ2n) is 4.85. The van der Waals surface area contributed by atoms with Gasteiger partial charge >= 0.3 is 5.97 Å². The number of hydrogen-bond acceptors (Lipinski definition) is 2. The predicted molar refractivity (Wildman–Crippen MR) is 67.8 cm³/mol. The first-order chi connectivity index (χ1) is 8.24. The molecule has 17 heavy (non-hydrogen) atoms. The van der Waals surface area contributed by atoms with Gasteiger partial charge in [-0.2, -0.15) is 0 Å². The normalized spacial score (nSPS) is 24.9. The lowest BCUT2D eigenvalue weighted by molar-refractivity contribution is -0.185. The van der Waals surface area contributed by atoms with Crippen molar-refractivity contribution in [2.45, 2.75) is 45.1 Å². The second kappa shape index (κ2) is 5.35. The van der Waals surface area contributed by atoms with Crippen LogP contribution in [0.3, 0.4) is 0 Å². The molecule has 0 spiro atoms. The van der Waals surface area contributed by atoms with Crippen molar-refractivity contribution < 1.29 is 9.53 Å². The van der Waals surface area contributed by atoms with Gasteiger partial charge in [-0.15, -0.1) is 0 Å². The van der Waals surface area contributed by atoms with Crippen molar-refractivity contribution in [1.82, 2.24) is 0 Å². The summed E-state index contributed by atoms with van der Waals surface area (Å²) in [6, 6.07) is 10.4. The molecule has 0 aromatic heterocycles. The number of ether oxygens (including phenoxy) is 1. The zero-order valence-electron chi connectivity index (χ0n) is 10.6. The van der Waals surface area contributed by atoms with Crippen molar-refractivity contribution in [2.75, 3.05) is 0 Å². The molecule has 1 aliphatic heterocycles. The minimum Gasteiger partial charge on any atom is -0.461 e. The summed E-state index contributed by atoms with van der Waals surface area (Å²) in [5, 5.41) is 0. The zero-order valence-corrected chi connectivity index (χ0v) is 10.6. The molecule has 0 aliphatic carbocycles. The fraction of sp³-hybridized carbons (Fsp3) is 0.533. The van der Waals surface area contributed by atoms with Crippen molar-refractivity contribution in [3.63, 3.8) is 0 Å². The van der Waals surface area contributed by atoms with Gasteiger partial charge in [0.2, 0.25) is 0 Å². The van der Waals surface area contributed by atoms with Crippen LogP contribution in [0.5, 0.6) is 0 Å². The summed E-state index contributed by atoms with van der Waals surface area (Å²) in [4.78, 5) is 11.2. The summed E-state index contributed by atoms with van der Waals surface area (Å²) in [5.74, 6) is 0.369. The monoisotopic (exact) mass is 232 g/mol. The lowest BCUT2D eigenvalue weighted by Gasteiger charge is -2.38. The number of hydrogen-bond donors (Lipinski definition) is 0. The summed E-state index contributed by atoms with van der Waals surface area (Å²) in [7, 11) is 0. The van der Waals surface area contributed by atoms with Crippen LogP contribution in [-0.2, 0) is 9.53 Å². The SMILES string of the molecule is CCCC[C@H](c1ccccc1)[C@H]1OC(=O)[C@H]1C. The fourth-order valence-corrected chi connectivity index (χ4v) is 2.48. The smallest absolute Gasteiger partial charge is 0.312 e. The van der Waals surface area contributed by atoms with E-state index in [0.717, 1.165) is 6.42 Å². The lowest BCUT2D eigenvalue weighted by atomic mass is 9.80. The Morgan fingerprint density at radius 2 is 2.00 bits per heavy atom. The van der Waals surface area contributed by atoms with Crippen LogP contribution in [0.2, 0.25) is 0 Å². The van der Waals surface area contributed by atoms with Crippen molar-refractivity contribution in [1.29, 1.82) is 0 Å². The van der Waals surface area contributed by atoms with E-state index in [1.807, 2.05) is 13.0 Å². The molecule has 92 valence electrons. The minimum absolute atomic E-state index is 0.0487. The van der Waals surface area contributed by atoms with E-state index in [1.165, 1.54) is 18.4 Å². The summed E-state index contributed by atoms with van der Waals surface area (Å²) < 4.78 is 5.33. The van der Waals surface area contributed by atoms with Crippen LogP contribution in [0.1, 0.15) is 44.6 Å². The van der Waals surface area contributed by atoms with E-state index in [0.29, 0.717) is 5.92 Å². The zero-order chi connectivity index (χ0) is 12.3. The average molecular weight is 232 g/mol. The Balaban J connectivity index is 2.11. The van der Waals surface area contributed by atoms with E-state index in [1.54, 1.807) is 0 Å². The van der Waals surface area contributed by atoms with E-state index >= 15 is 0 Å². The van der Waals surface area contributed by atoms with Crippen LogP contribution in [0.25, 0.3) is 0 Å². The second-order valence-corrected chi connectivity index (χ2v) is 4.85. The van der Waals surface area contributed by atoms with E-state index < -0.39 is 0 Å². The Morgan fingerprint density at radius 3 is 2.53 bits per heavy atom. The Labute approximate surface area is 103 Å². The van der Waals surface area contributed by atoms with Gasteiger partial charge in [-0.05, 0) is 18.9 Å². The molecular weight excluding hydrogens is 212 g/mol. The minimum atomic E-state index is -0.0487. The van der Waals surface area contributed by atoms with Gasteiger partial charge in [0, 0.05) is 5.92 Å². The summed E-state index contributed by atoms with van der Waals surface area (Å²) in [5.41, 5.74) is 1.30. The molecule has 0 amide bonds. The average Bonchev–Trinajstić information content (AvgIpc) is 2.39. The number of carbonyl (C=O) groups excluding carboxylic acids is 1. The van der Waals surface area contributed by atoms with Crippen LogP contribution in [-0.4, -0.2) is 12.1 Å². The van der Waals surface area contributed by atoms with Crippen LogP contribution in [0, 0.1) is 5.92 Å². The molecule has 2 heteroatoms. The molecule has 1 aliphatic rings. The van der Waals surface area contributed by atoms with Gasteiger partial charge < -0.3 is 4.74 Å². The van der Waals surface area contributed by atoms with Crippen molar-refractivity contribution in [3.05, 3.63) is 35.9 Å². The molecule has 1 aromatic carbocycles. The maximum absolute atomic E-state index is 11.2. The van der Waals surface area contributed by atoms with Gasteiger partial charge in [-0.1, -0.05) is 50.1 Å². The molecule has 1 saturated heterocycles. The van der Waals surface area contributed by atoms with Crippen LogP contribution < -0.4 is 0 Å². The van der Waals surface area contributed by atoms with Crippen molar-refractivity contribution >= 4 is 5.97 Å². The maximum atomic E-state index is 11.2. The molecular formula is C15H20O2. The first kappa shape index (κ1) is 12.2. The van der Waals surface area contributed by atoms with Gasteiger partial charge in [-0.3, -0.25) is 4.79 Å². The van der Waals surface area contributed by atoms with E-state index in [2.05, 4.69) is 31.2 Å². The molecule has 1 aromatic rings. The molecule has 0 bridgehead atoms. The highest BCUT2D eigenvalue weighted by atomic mass is 16.6. The molecule has 3 atom stereocenters. The van der Waals surface area contributed by atoms with Gasteiger partial charge in [-0.25, -0.2) is 0 Å². The Hall–Kier alpha value is -1.31. The predicted octanol–water partition coefficient (Wildman–Crippen LogP) is 3.52. The highest BCUT2D eigenvalue weighted by Crippen LogP contribution is 2.37. The number of benzene rings is 1. The van der Waals surface area contributed by atoms with Crippen molar-refractivity contribution in [3.8, 4) is 0 Å².